The van der Waals surface area contributed by atoms with Crippen molar-refractivity contribution in [3.8, 4) is 0 Å². The van der Waals surface area contributed by atoms with E-state index in [1.54, 1.807) is 0 Å². The molecule has 0 N–H and O–H groups in total. The van der Waals surface area contributed by atoms with Gasteiger partial charge in [-0.25, -0.2) is 0 Å². The van der Waals surface area contributed by atoms with Gasteiger partial charge in [-0.1, -0.05) is 4.57 Å². The van der Waals surface area contributed by atoms with E-state index in [0.717, 1.165) is 0 Å². The lowest BCUT2D eigenvalue weighted by Crippen LogP contribution is -2.17. The molecule has 8 heteroatoms. The molecule has 0 aromatic rings. The number of alkyl halides is 6. The van der Waals surface area contributed by atoms with Crippen molar-refractivity contribution in [2.45, 2.75) is 12.4 Å². The molecule has 0 unspecified atom stereocenters. The number of hydrogen-bond acceptors (Lipinski definition) is 1. The highest BCUT2D eigenvalue weighted by molar-refractivity contribution is 7.44. The van der Waals surface area contributed by atoms with E-state index in [1.807, 2.05) is 0 Å². The quantitative estimate of drug-likeness (QED) is 0.509. The van der Waals surface area contributed by atoms with Crippen LogP contribution in [0.5, 0.6) is 0 Å². The van der Waals surface area contributed by atoms with Crippen LogP contribution in [0.4, 0.5) is 26.3 Å². The first kappa shape index (κ1) is 11.7. The van der Waals surface area contributed by atoms with Crippen molar-refractivity contribution in [3.05, 3.63) is 0 Å². The van der Waals surface area contributed by atoms with Gasteiger partial charge in [0.25, 0.3) is 0 Å². The molecule has 0 aliphatic heterocycles. The van der Waals surface area contributed by atoms with Gasteiger partial charge in [-0.05, 0) is 0 Å². The normalized spacial score (nSPS) is 13.2. The Hall–Kier alpha value is -0.320. The maximum absolute atomic E-state index is 11.3. The standard InChI is InChI=1S/C4H4F6OP/c5-3(6,7)1-12(11)2-4(8,9)10/h1-2H2/q+1. The number of rotatable bonds is 2. The van der Waals surface area contributed by atoms with Gasteiger partial charge in [0.05, 0.1) is 0 Å². The van der Waals surface area contributed by atoms with E-state index in [9.17, 15) is 30.9 Å². The summed E-state index contributed by atoms with van der Waals surface area (Å²) in [7, 11) is -3.26. The van der Waals surface area contributed by atoms with E-state index in [1.165, 1.54) is 0 Å². The Labute approximate surface area is 64.5 Å². The van der Waals surface area contributed by atoms with Crippen LogP contribution in [0.25, 0.3) is 0 Å². The third-order valence-electron chi connectivity index (χ3n) is 0.711. The van der Waals surface area contributed by atoms with Crippen LogP contribution in [0.15, 0.2) is 0 Å². The van der Waals surface area contributed by atoms with Gasteiger partial charge >= 0.3 is 20.2 Å². The minimum Gasteiger partial charge on any atom is -0.166 e. The van der Waals surface area contributed by atoms with Gasteiger partial charge in [0.15, 0.2) is 0 Å². The summed E-state index contributed by atoms with van der Waals surface area (Å²) in [6.07, 6.45) is -13.3. The summed E-state index contributed by atoms with van der Waals surface area (Å²) in [4.78, 5) is 0. The summed E-state index contributed by atoms with van der Waals surface area (Å²) < 4.78 is 78.2. The molecule has 0 bridgehead atoms. The van der Waals surface area contributed by atoms with Crippen LogP contribution >= 0.6 is 7.80 Å². The van der Waals surface area contributed by atoms with Gasteiger partial charge in [-0.2, -0.15) is 26.3 Å². The summed E-state index contributed by atoms with van der Waals surface area (Å²) in [5, 5.41) is 0. The van der Waals surface area contributed by atoms with Crippen LogP contribution < -0.4 is 0 Å². The lowest BCUT2D eigenvalue weighted by atomic mass is 10.8. The van der Waals surface area contributed by atoms with Crippen molar-refractivity contribution < 1.29 is 30.9 Å². The first-order valence-corrected chi connectivity index (χ1v) is 4.29. The second kappa shape index (κ2) is 3.60. The minimum absolute atomic E-state index is 1.87. The van der Waals surface area contributed by atoms with Gasteiger partial charge in [0, 0.05) is 0 Å². The lowest BCUT2D eigenvalue weighted by molar-refractivity contribution is -0.111. The van der Waals surface area contributed by atoms with E-state index < -0.39 is 32.5 Å². The first-order valence-electron chi connectivity index (χ1n) is 2.66. The molecule has 0 rings (SSSR count). The van der Waals surface area contributed by atoms with Gasteiger partial charge in [0.1, 0.15) is 0 Å². The van der Waals surface area contributed by atoms with Crippen molar-refractivity contribution in [3.63, 3.8) is 0 Å². The minimum atomic E-state index is -4.79. The Kier molecular flexibility index (Phi) is 3.50. The van der Waals surface area contributed by atoms with E-state index in [0.29, 0.717) is 0 Å². The molecule has 0 aliphatic carbocycles. The van der Waals surface area contributed by atoms with Crippen molar-refractivity contribution >= 4 is 7.80 Å². The van der Waals surface area contributed by atoms with Crippen molar-refractivity contribution in [2.75, 3.05) is 12.3 Å². The molecule has 0 fully saturated rings. The maximum Gasteiger partial charge on any atom is 0.432 e. The molecular formula is C4H4F6OP+. The molecule has 12 heavy (non-hydrogen) atoms. The van der Waals surface area contributed by atoms with Gasteiger partial charge in [-0.15, -0.1) is 0 Å². The van der Waals surface area contributed by atoms with E-state index in [2.05, 4.69) is 0 Å². The van der Waals surface area contributed by atoms with Crippen LogP contribution in [0.3, 0.4) is 0 Å². The zero-order chi connectivity index (χ0) is 9.99. The van der Waals surface area contributed by atoms with Crippen molar-refractivity contribution in [1.29, 1.82) is 0 Å². The Morgan fingerprint density at radius 2 is 1.08 bits per heavy atom. The average Bonchev–Trinajstić information content (AvgIpc) is 1.49. The van der Waals surface area contributed by atoms with E-state index >= 15 is 0 Å². The largest absolute Gasteiger partial charge is 0.432 e. The Morgan fingerprint density at radius 1 is 0.833 bits per heavy atom. The summed E-state index contributed by atoms with van der Waals surface area (Å²) in [6, 6.07) is 0. The summed E-state index contributed by atoms with van der Waals surface area (Å²) in [6.45, 7) is 0. The monoisotopic (exact) mass is 213 g/mol. The summed E-state index contributed by atoms with van der Waals surface area (Å²) >= 11 is 0. The van der Waals surface area contributed by atoms with Crippen molar-refractivity contribution in [1.82, 2.24) is 0 Å². The van der Waals surface area contributed by atoms with Crippen LogP contribution in [0.1, 0.15) is 0 Å². The number of halogens is 6. The maximum atomic E-state index is 11.3. The third-order valence-corrected chi connectivity index (χ3v) is 2.13. The fraction of sp³-hybridized carbons (Fsp3) is 1.00. The fourth-order valence-electron chi connectivity index (χ4n) is 0.456. The molecule has 0 aromatic carbocycles. The molecule has 0 atom stereocenters. The molecule has 1 nitrogen and oxygen atoms in total. The molecule has 0 heterocycles. The highest BCUT2D eigenvalue weighted by atomic mass is 31.1. The highest BCUT2D eigenvalue weighted by Crippen LogP contribution is 2.36. The molecule has 0 saturated heterocycles. The topological polar surface area (TPSA) is 17.1 Å². The molecule has 0 amide bonds. The SMILES string of the molecule is O=[P+](CC(F)(F)F)CC(F)(F)F. The molecule has 72 valence electrons. The van der Waals surface area contributed by atoms with Gasteiger partial charge in [-0.3, -0.25) is 0 Å². The predicted molar refractivity (Wildman–Crippen MR) is 29.5 cm³/mol. The Balaban J connectivity index is 3.92. The smallest absolute Gasteiger partial charge is 0.166 e. The van der Waals surface area contributed by atoms with Crippen LogP contribution in [-0.2, 0) is 4.57 Å². The van der Waals surface area contributed by atoms with Gasteiger partial charge in [0.2, 0.25) is 12.3 Å². The zero-order valence-electron chi connectivity index (χ0n) is 5.54. The van der Waals surface area contributed by atoms with E-state index in [-0.39, 0.29) is 0 Å². The van der Waals surface area contributed by atoms with Crippen molar-refractivity contribution in [2.24, 2.45) is 0 Å². The second-order valence-corrected chi connectivity index (χ2v) is 3.62. The molecule has 0 radical (unpaired) electrons. The molecule has 0 spiro atoms. The van der Waals surface area contributed by atoms with E-state index in [4.69, 9.17) is 0 Å². The molecule has 0 saturated carbocycles. The average molecular weight is 213 g/mol. The fourth-order valence-corrected chi connectivity index (χ4v) is 1.37. The zero-order valence-corrected chi connectivity index (χ0v) is 6.43. The van der Waals surface area contributed by atoms with Gasteiger partial charge < -0.3 is 0 Å². The van der Waals surface area contributed by atoms with Crippen LogP contribution in [-0.4, -0.2) is 24.7 Å². The number of hydrogen-bond donors (Lipinski definition) is 0. The summed E-state index contributed by atoms with van der Waals surface area (Å²) in [5.74, 6) is 0. The third kappa shape index (κ3) is 7.78. The molecular weight excluding hydrogens is 209 g/mol. The first-order chi connectivity index (χ1) is 5.10. The lowest BCUT2D eigenvalue weighted by Gasteiger charge is -1.99. The van der Waals surface area contributed by atoms with Crippen LogP contribution in [0.2, 0.25) is 0 Å². The highest BCUT2D eigenvalue weighted by Gasteiger charge is 2.45. The summed E-state index contributed by atoms with van der Waals surface area (Å²) in [5.41, 5.74) is 0. The van der Waals surface area contributed by atoms with Crippen LogP contribution in [0, 0.1) is 0 Å². The molecule has 0 aromatic heterocycles. The molecule has 0 aliphatic rings. The Bertz CT molecular complexity index is 151. The second-order valence-electron chi connectivity index (χ2n) is 2.03. The predicted octanol–water partition coefficient (Wildman–Crippen LogP) is 2.94. The Morgan fingerprint density at radius 3 is 1.25 bits per heavy atom.